The monoisotopic (exact) mass is 653 g/mol. The van der Waals surface area contributed by atoms with Crippen LogP contribution >= 0.6 is 22.9 Å². The van der Waals surface area contributed by atoms with Crippen LogP contribution in [-0.4, -0.2) is 75.1 Å². The summed E-state index contributed by atoms with van der Waals surface area (Å²) in [5.41, 5.74) is 11.0. The lowest BCUT2D eigenvalue weighted by Gasteiger charge is -2.61. The van der Waals surface area contributed by atoms with Crippen LogP contribution < -0.4 is 10.6 Å². The number of carbonyl (C=O) groups excluding carboxylic acids is 1. The van der Waals surface area contributed by atoms with Gasteiger partial charge in [0.15, 0.2) is 5.82 Å². The number of hydrogen-bond donors (Lipinski definition) is 2. The fraction of sp³-hybridized carbons (Fsp3) is 0.324. The number of amides is 1. The molecule has 0 saturated carbocycles. The number of aryl methyl sites for hydroxylation is 2. The summed E-state index contributed by atoms with van der Waals surface area (Å²) in [6.07, 6.45) is 0.182. The van der Waals surface area contributed by atoms with E-state index in [0.717, 1.165) is 52.0 Å². The van der Waals surface area contributed by atoms with Crippen LogP contribution in [0.1, 0.15) is 61.6 Å². The molecule has 46 heavy (non-hydrogen) atoms. The van der Waals surface area contributed by atoms with Crippen LogP contribution in [0, 0.1) is 38.0 Å². The molecule has 10 nitrogen and oxygen atoms in total. The zero-order valence-electron chi connectivity index (χ0n) is 25.7. The Morgan fingerprint density at radius 1 is 1.09 bits per heavy atom. The van der Waals surface area contributed by atoms with Gasteiger partial charge in [0.1, 0.15) is 16.9 Å². The Balaban J connectivity index is 1.10. The van der Waals surface area contributed by atoms with Crippen molar-refractivity contribution in [3.05, 3.63) is 91.8 Å². The van der Waals surface area contributed by atoms with Gasteiger partial charge in [0.2, 0.25) is 5.91 Å². The van der Waals surface area contributed by atoms with Gasteiger partial charge in [-0.25, -0.2) is 4.79 Å². The fourth-order valence-electron chi connectivity index (χ4n) is 6.68. The van der Waals surface area contributed by atoms with E-state index in [-0.39, 0.29) is 29.9 Å². The lowest BCUT2D eigenvalue weighted by molar-refractivity contribution is -0.145. The van der Waals surface area contributed by atoms with E-state index in [4.69, 9.17) is 22.3 Å². The number of anilines is 1. The third-order valence-corrected chi connectivity index (χ3v) is 10.6. The molecule has 1 amide bonds. The van der Waals surface area contributed by atoms with E-state index in [0.29, 0.717) is 29.5 Å². The maximum absolute atomic E-state index is 13.8. The van der Waals surface area contributed by atoms with Gasteiger partial charge >= 0.3 is 5.97 Å². The van der Waals surface area contributed by atoms with Gasteiger partial charge in [0.25, 0.3) is 0 Å². The average molecular weight is 654 g/mol. The molecule has 0 unspecified atom stereocenters. The number of aromatic nitrogens is 3. The molecule has 234 valence electrons. The quantitative estimate of drug-likeness (QED) is 0.302. The number of carboxylic acid groups (broad SMARTS) is 1. The Hall–Kier alpha value is -4.50. The highest BCUT2D eigenvalue weighted by atomic mass is 35.5. The van der Waals surface area contributed by atoms with Crippen LogP contribution in [0.4, 0.5) is 5.69 Å². The number of halogens is 1. The first-order valence-electron chi connectivity index (χ1n) is 15.0. The summed E-state index contributed by atoms with van der Waals surface area (Å²) >= 11 is 7.92. The second kappa shape index (κ2) is 11.4. The molecule has 2 saturated heterocycles. The topological polar surface area (TPSA) is 130 Å². The summed E-state index contributed by atoms with van der Waals surface area (Å²) in [6, 6.07) is 12.4. The highest BCUT2D eigenvalue weighted by Gasteiger charge is 2.53. The molecule has 0 bridgehead atoms. The molecule has 2 aromatic heterocycles. The summed E-state index contributed by atoms with van der Waals surface area (Å²) in [5, 5.41) is 20.1. The van der Waals surface area contributed by atoms with Crippen LogP contribution in [0.5, 0.6) is 0 Å². The lowest BCUT2D eigenvalue weighted by atomic mass is 9.72. The number of hydrogen-bond acceptors (Lipinski definition) is 8. The van der Waals surface area contributed by atoms with Crippen LogP contribution in [0.2, 0.25) is 5.02 Å². The highest BCUT2D eigenvalue weighted by Crippen LogP contribution is 2.44. The summed E-state index contributed by atoms with van der Waals surface area (Å²) in [5.74, 6) is 6.08. The van der Waals surface area contributed by atoms with Gasteiger partial charge in [-0.3, -0.25) is 14.4 Å². The lowest BCUT2D eigenvalue weighted by Crippen LogP contribution is -2.73. The number of carbonyl (C=O) groups is 2. The average Bonchev–Trinajstić information content (AvgIpc) is 3.46. The molecule has 5 heterocycles. The first-order chi connectivity index (χ1) is 22.1. The van der Waals surface area contributed by atoms with Crippen LogP contribution in [0.3, 0.4) is 0 Å². The number of carboxylic acids is 1. The number of benzene rings is 2. The van der Waals surface area contributed by atoms with E-state index >= 15 is 0 Å². The van der Waals surface area contributed by atoms with Crippen LogP contribution in [-0.2, 0) is 4.79 Å². The number of likely N-dealkylation sites (tertiary alicyclic amines) is 1. The molecule has 2 aromatic carbocycles. The van der Waals surface area contributed by atoms with E-state index in [2.05, 4.69) is 45.4 Å². The minimum atomic E-state index is -1.02. The van der Waals surface area contributed by atoms with E-state index < -0.39 is 12.0 Å². The minimum Gasteiger partial charge on any atom is -0.478 e. The molecule has 1 atom stereocenters. The summed E-state index contributed by atoms with van der Waals surface area (Å²) in [6.45, 7) is 9.18. The van der Waals surface area contributed by atoms with Crippen molar-refractivity contribution in [2.24, 2.45) is 16.1 Å². The van der Waals surface area contributed by atoms with Crippen molar-refractivity contribution in [2.75, 3.05) is 37.6 Å². The Kier molecular flexibility index (Phi) is 7.47. The van der Waals surface area contributed by atoms with Crippen molar-refractivity contribution in [2.45, 2.75) is 33.2 Å². The number of nitrogens with two attached hydrogens (primary N) is 1. The number of aliphatic imine (C=N–C) groups is 1. The highest BCUT2D eigenvalue weighted by molar-refractivity contribution is 7.15. The van der Waals surface area contributed by atoms with E-state index in [1.165, 1.54) is 4.88 Å². The third-order valence-electron chi connectivity index (χ3n) is 9.11. The fourth-order valence-corrected chi connectivity index (χ4v) is 8.02. The molecule has 0 aliphatic carbocycles. The van der Waals surface area contributed by atoms with Gasteiger partial charge in [-0.15, -0.1) is 21.5 Å². The van der Waals surface area contributed by atoms with Gasteiger partial charge in [0.05, 0.1) is 24.2 Å². The number of aromatic carboxylic acids is 1. The molecule has 1 spiro atoms. The van der Waals surface area contributed by atoms with Crippen LogP contribution in [0.25, 0.3) is 5.00 Å². The molecule has 4 aromatic rings. The maximum Gasteiger partial charge on any atom is 0.336 e. The van der Waals surface area contributed by atoms with E-state index in [9.17, 15) is 14.7 Å². The zero-order valence-corrected chi connectivity index (χ0v) is 27.2. The second-order valence-electron chi connectivity index (χ2n) is 12.3. The third kappa shape index (κ3) is 5.07. The minimum absolute atomic E-state index is 0.0147. The predicted octanol–water partition coefficient (Wildman–Crippen LogP) is 4.55. The molecular weight excluding hydrogens is 622 g/mol. The number of thiophene rings is 1. The Morgan fingerprint density at radius 2 is 1.83 bits per heavy atom. The van der Waals surface area contributed by atoms with Gasteiger partial charge in [0, 0.05) is 63.9 Å². The smallest absolute Gasteiger partial charge is 0.336 e. The summed E-state index contributed by atoms with van der Waals surface area (Å²) in [7, 11) is 0. The summed E-state index contributed by atoms with van der Waals surface area (Å²) < 4.78 is 2.06. The van der Waals surface area contributed by atoms with Gasteiger partial charge in [-0.05, 0) is 56.7 Å². The van der Waals surface area contributed by atoms with Crippen molar-refractivity contribution in [3.63, 3.8) is 0 Å². The molecule has 7 rings (SSSR count). The molecule has 0 radical (unpaired) electrons. The molecule has 12 heteroatoms. The predicted molar refractivity (Wildman–Crippen MR) is 178 cm³/mol. The standard InChI is InChI=1S/C34H32ClN7O3S/c1-19-20(2)46-32-29(19)30(22-6-8-24(35)9-7-22)37-27(31-39-38-21(3)42(31)32)14-28(43)41-17-34(18-41)15-40(16-34)25-10-11-26(33(44)45)23(13-25)5-4-12-36/h6-11,13,27H,12,14-18,36H2,1-3H3,(H,44,45)/t27-/m0/s1. The van der Waals surface area contributed by atoms with Crippen molar-refractivity contribution in [1.29, 1.82) is 0 Å². The SMILES string of the molecule is Cc1sc2c(c1C)C(c1ccc(Cl)cc1)=N[C@@H](CC(=O)N1CC3(C1)CN(c1ccc(C(=O)O)c(C#CCN)c1)C3)c1nnc(C)n1-2. The second-order valence-corrected chi connectivity index (χ2v) is 13.9. The van der Waals surface area contributed by atoms with E-state index in [1.807, 2.05) is 48.2 Å². The van der Waals surface area contributed by atoms with E-state index in [1.54, 1.807) is 17.4 Å². The largest absolute Gasteiger partial charge is 0.478 e. The zero-order chi connectivity index (χ0) is 32.3. The normalized spacial score (nSPS) is 17.6. The van der Waals surface area contributed by atoms with Crippen LogP contribution in [0.15, 0.2) is 47.5 Å². The van der Waals surface area contributed by atoms with Crippen molar-refractivity contribution >= 4 is 46.2 Å². The van der Waals surface area contributed by atoms with Gasteiger partial charge in [-0.1, -0.05) is 35.6 Å². The summed E-state index contributed by atoms with van der Waals surface area (Å²) in [4.78, 5) is 35.9. The molecule has 3 N–H and O–H groups in total. The maximum atomic E-state index is 13.8. The van der Waals surface area contributed by atoms with Gasteiger partial charge in [-0.2, -0.15) is 0 Å². The molecule has 3 aliphatic rings. The van der Waals surface area contributed by atoms with Gasteiger partial charge < -0.3 is 20.6 Å². The Labute approximate surface area is 275 Å². The number of fused-ring (bicyclic) bond motifs is 3. The van der Waals surface area contributed by atoms with Crippen molar-refractivity contribution < 1.29 is 14.7 Å². The first-order valence-corrected chi connectivity index (χ1v) is 16.2. The Bertz CT molecular complexity index is 1990. The molecule has 2 fully saturated rings. The molecular formula is C34H32ClN7O3S. The van der Waals surface area contributed by atoms with Crippen molar-refractivity contribution in [1.82, 2.24) is 19.7 Å². The first kappa shape index (κ1) is 30.2. The molecule has 3 aliphatic heterocycles. The number of rotatable bonds is 5. The van der Waals surface area contributed by atoms with Crippen molar-refractivity contribution in [3.8, 4) is 16.8 Å². The Morgan fingerprint density at radius 3 is 2.52 bits per heavy atom. The number of nitrogens with zero attached hydrogens (tertiary/aromatic N) is 6.